The van der Waals surface area contributed by atoms with Gasteiger partial charge in [-0.05, 0) is 55.5 Å². The molecule has 2 N–H and O–H groups in total. The van der Waals surface area contributed by atoms with Crippen molar-refractivity contribution in [1.82, 2.24) is 20.2 Å². The quantitative estimate of drug-likeness (QED) is 0.481. The summed E-state index contributed by atoms with van der Waals surface area (Å²) in [6, 6.07) is 17.1. The zero-order valence-corrected chi connectivity index (χ0v) is 19.9. The van der Waals surface area contributed by atoms with E-state index in [1.54, 1.807) is 11.8 Å². The molecule has 1 atom stereocenters. The molecule has 0 aliphatic heterocycles. The lowest BCUT2D eigenvalue weighted by molar-refractivity contribution is -0.122. The molecule has 2 amide bonds. The Morgan fingerprint density at radius 1 is 1.06 bits per heavy atom. The lowest BCUT2D eigenvalue weighted by atomic mass is 9.95. The Labute approximate surface area is 199 Å². The molecular weight excluding hydrogens is 432 g/mol. The van der Waals surface area contributed by atoms with Gasteiger partial charge < -0.3 is 15.2 Å². The van der Waals surface area contributed by atoms with E-state index in [1.165, 1.54) is 19.3 Å². The highest BCUT2D eigenvalue weighted by Crippen LogP contribution is 2.25. The number of imidazole rings is 1. The number of nitrogens with zero attached hydrogens (tertiary/aromatic N) is 2. The van der Waals surface area contributed by atoms with Crippen LogP contribution in [0, 0.1) is 0 Å². The van der Waals surface area contributed by atoms with Gasteiger partial charge in [-0.2, -0.15) is 11.8 Å². The van der Waals surface area contributed by atoms with Crippen molar-refractivity contribution in [2.45, 2.75) is 57.2 Å². The summed E-state index contributed by atoms with van der Waals surface area (Å²) in [5.74, 6) is 1.47. The summed E-state index contributed by atoms with van der Waals surface area (Å²) >= 11 is 1.73. The maximum absolute atomic E-state index is 13.0. The summed E-state index contributed by atoms with van der Waals surface area (Å²) in [4.78, 5) is 30.8. The van der Waals surface area contributed by atoms with Gasteiger partial charge in [0, 0.05) is 11.6 Å². The normalized spacial score (nSPS) is 15.3. The number of thioether (sulfide) groups is 1. The van der Waals surface area contributed by atoms with Gasteiger partial charge >= 0.3 is 0 Å². The number of amides is 2. The smallest absolute Gasteiger partial charge is 0.251 e. The Bertz CT molecular complexity index is 1080. The average molecular weight is 465 g/mol. The Kier molecular flexibility index (Phi) is 8.05. The third-order valence-electron chi connectivity index (χ3n) is 6.22. The fourth-order valence-corrected chi connectivity index (χ4v) is 4.99. The number of carbonyl (C=O) groups excluding carboxylic acids is 2. The summed E-state index contributed by atoms with van der Waals surface area (Å²) in [6.07, 6.45) is 8.48. The van der Waals surface area contributed by atoms with Crippen molar-refractivity contribution in [3.8, 4) is 0 Å². The molecule has 0 saturated heterocycles. The molecule has 4 rings (SSSR count). The second-order valence-corrected chi connectivity index (χ2v) is 9.61. The molecule has 33 heavy (non-hydrogen) atoms. The summed E-state index contributed by atoms with van der Waals surface area (Å²) < 4.78 is 1.98. The molecule has 3 aromatic rings. The first-order chi connectivity index (χ1) is 16.2. The topological polar surface area (TPSA) is 76.0 Å². The fraction of sp³-hybridized carbons (Fsp3) is 0.423. The third kappa shape index (κ3) is 5.96. The van der Waals surface area contributed by atoms with Gasteiger partial charge in [-0.15, -0.1) is 0 Å². The van der Waals surface area contributed by atoms with E-state index in [2.05, 4.69) is 16.9 Å². The highest BCUT2D eigenvalue weighted by atomic mass is 32.2. The first-order valence-electron chi connectivity index (χ1n) is 11.7. The Balaban J connectivity index is 1.61. The van der Waals surface area contributed by atoms with Crippen LogP contribution in [0.15, 0.2) is 54.6 Å². The van der Waals surface area contributed by atoms with Crippen LogP contribution >= 0.6 is 11.8 Å². The molecule has 0 spiro atoms. The van der Waals surface area contributed by atoms with E-state index in [4.69, 9.17) is 4.98 Å². The van der Waals surface area contributed by atoms with Gasteiger partial charge in [-0.25, -0.2) is 4.98 Å². The van der Waals surface area contributed by atoms with Crippen molar-refractivity contribution >= 4 is 34.6 Å². The molecule has 1 saturated carbocycles. The number of hydrogen-bond donors (Lipinski definition) is 2. The lowest BCUT2D eigenvalue weighted by Crippen LogP contribution is -2.39. The maximum atomic E-state index is 13.0. The Hall–Kier alpha value is -2.80. The maximum Gasteiger partial charge on any atom is 0.251 e. The minimum absolute atomic E-state index is 0.00399. The molecular formula is C26H32N4O2S. The summed E-state index contributed by atoms with van der Waals surface area (Å²) in [5, 5.41) is 6.39. The number of benzene rings is 2. The van der Waals surface area contributed by atoms with Crippen LogP contribution in [0.2, 0.25) is 0 Å². The number of hydrogen-bond acceptors (Lipinski definition) is 4. The number of rotatable bonds is 9. The van der Waals surface area contributed by atoms with Crippen molar-refractivity contribution in [3.63, 3.8) is 0 Å². The number of aromatic nitrogens is 2. The molecule has 1 heterocycles. The van der Waals surface area contributed by atoms with Crippen molar-refractivity contribution < 1.29 is 9.59 Å². The minimum Gasteiger partial charge on any atom is -0.352 e. The van der Waals surface area contributed by atoms with Crippen molar-refractivity contribution in [3.05, 3.63) is 66.0 Å². The minimum atomic E-state index is -0.292. The summed E-state index contributed by atoms with van der Waals surface area (Å²) in [7, 11) is 0. The van der Waals surface area contributed by atoms with Crippen LogP contribution in [0.3, 0.4) is 0 Å². The van der Waals surface area contributed by atoms with Crippen LogP contribution in [0.5, 0.6) is 0 Å². The van der Waals surface area contributed by atoms with Gasteiger partial charge in [0.25, 0.3) is 5.91 Å². The van der Waals surface area contributed by atoms with Gasteiger partial charge in [-0.3, -0.25) is 9.59 Å². The summed E-state index contributed by atoms with van der Waals surface area (Å²) in [5.41, 5.74) is 2.36. The summed E-state index contributed by atoms with van der Waals surface area (Å²) in [6.45, 7) is 0.198. The van der Waals surface area contributed by atoms with Crippen LogP contribution in [0.4, 0.5) is 0 Å². The molecule has 0 bridgehead atoms. The first kappa shape index (κ1) is 23.4. The largest absolute Gasteiger partial charge is 0.352 e. The van der Waals surface area contributed by atoms with Gasteiger partial charge in [-0.1, -0.05) is 49.6 Å². The number of para-hydroxylation sites is 2. The zero-order chi connectivity index (χ0) is 23.0. The molecule has 1 aliphatic carbocycles. The number of fused-ring (bicyclic) bond motifs is 1. The number of carbonyl (C=O) groups is 2. The van der Waals surface area contributed by atoms with E-state index in [-0.39, 0.29) is 30.4 Å². The monoisotopic (exact) mass is 464 g/mol. The van der Waals surface area contributed by atoms with Gasteiger partial charge in [0.05, 0.1) is 17.1 Å². The SMILES string of the molecule is CSCC[C@@H](NC(=O)c1ccccc1)c1nc2ccccc2n1CC(=O)NC1CCCCC1. The molecule has 1 aliphatic rings. The molecule has 1 aromatic heterocycles. The second-order valence-electron chi connectivity index (χ2n) is 8.62. The van der Waals surface area contributed by atoms with Gasteiger partial charge in [0.2, 0.25) is 5.91 Å². The van der Waals surface area contributed by atoms with E-state index in [0.29, 0.717) is 5.56 Å². The molecule has 2 aromatic carbocycles. The fourth-order valence-electron chi connectivity index (χ4n) is 4.52. The van der Waals surface area contributed by atoms with Crippen molar-refractivity contribution in [2.24, 2.45) is 0 Å². The van der Waals surface area contributed by atoms with Crippen LogP contribution in [-0.4, -0.2) is 39.4 Å². The van der Waals surface area contributed by atoms with Crippen LogP contribution in [0.25, 0.3) is 11.0 Å². The van der Waals surface area contributed by atoms with E-state index in [0.717, 1.165) is 41.9 Å². The highest BCUT2D eigenvalue weighted by Gasteiger charge is 2.24. The first-order valence-corrected chi connectivity index (χ1v) is 13.1. The predicted octanol–water partition coefficient (Wildman–Crippen LogP) is 4.71. The third-order valence-corrected chi connectivity index (χ3v) is 6.86. The Morgan fingerprint density at radius 2 is 1.79 bits per heavy atom. The second kappa shape index (κ2) is 11.4. The van der Waals surface area contributed by atoms with Crippen LogP contribution in [0.1, 0.15) is 60.7 Å². The number of nitrogens with one attached hydrogen (secondary N) is 2. The van der Waals surface area contributed by atoms with Crippen LogP contribution in [-0.2, 0) is 11.3 Å². The van der Waals surface area contributed by atoms with E-state index >= 15 is 0 Å². The van der Waals surface area contributed by atoms with E-state index in [9.17, 15) is 9.59 Å². The Morgan fingerprint density at radius 3 is 2.55 bits per heavy atom. The van der Waals surface area contributed by atoms with E-state index < -0.39 is 0 Å². The molecule has 1 fully saturated rings. The van der Waals surface area contributed by atoms with Gasteiger partial charge in [0.15, 0.2) is 0 Å². The zero-order valence-electron chi connectivity index (χ0n) is 19.1. The van der Waals surface area contributed by atoms with Crippen molar-refractivity contribution in [1.29, 1.82) is 0 Å². The highest BCUT2D eigenvalue weighted by molar-refractivity contribution is 7.98. The molecule has 174 valence electrons. The standard InChI is InChI=1S/C26H32N4O2S/c1-33-17-16-22(29-26(32)19-10-4-2-5-11-19)25-28-21-14-8-9-15-23(21)30(25)18-24(31)27-20-12-6-3-7-13-20/h2,4-5,8-11,14-15,20,22H,3,6-7,12-13,16-18H2,1H3,(H,27,31)(H,29,32)/t22-/m1/s1. The van der Waals surface area contributed by atoms with Crippen molar-refractivity contribution in [2.75, 3.05) is 12.0 Å². The molecule has 6 nitrogen and oxygen atoms in total. The molecule has 0 unspecified atom stereocenters. The van der Waals surface area contributed by atoms with Crippen LogP contribution < -0.4 is 10.6 Å². The molecule has 7 heteroatoms. The average Bonchev–Trinajstić information content (AvgIpc) is 3.21. The van der Waals surface area contributed by atoms with Gasteiger partial charge in [0.1, 0.15) is 12.4 Å². The molecule has 0 radical (unpaired) electrons. The van der Waals surface area contributed by atoms with E-state index in [1.807, 2.05) is 59.2 Å². The lowest BCUT2D eigenvalue weighted by Gasteiger charge is -2.24. The predicted molar refractivity (Wildman–Crippen MR) is 134 cm³/mol.